The Morgan fingerprint density at radius 3 is 2.81 bits per heavy atom. The smallest absolute Gasteiger partial charge is 0.407 e. The molecule has 0 aromatic heterocycles. The molecule has 1 unspecified atom stereocenters. The summed E-state index contributed by atoms with van der Waals surface area (Å²) in [5.41, 5.74) is 0. The second-order valence-corrected chi connectivity index (χ2v) is 6.41. The largest absolute Gasteiger partial charge is 0.469 e. The van der Waals surface area contributed by atoms with Crippen LogP contribution in [0.1, 0.15) is 58.3 Å². The molecule has 0 aromatic rings. The molecule has 0 aliphatic carbocycles. The summed E-state index contributed by atoms with van der Waals surface area (Å²) in [5, 5.41) is 2.73. The Bertz CT molecular complexity index is 479. The molecule has 1 N–H and O–H groups in total. The minimum atomic E-state index is -0.418. The van der Waals surface area contributed by atoms with E-state index in [1.165, 1.54) is 7.11 Å². The van der Waals surface area contributed by atoms with Crippen molar-refractivity contribution in [3.8, 4) is 0 Å². The SMILES string of the molecule is CCCCCNC(=O)OCC1CCC(=O)N1CC=CCCCC(=O)OC. The number of methoxy groups -OCH3 is 1. The standard InChI is InChI=1S/C19H32N2O5/c1-3-4-8-13-20-19(24)26-15-16-11-12-17(22)21(16)14-9-6-5-7-10-18(23)25-2/h6,9,16H,3-5,7-8,10-15H2,1-2H3,(H,20,24). The van der Waals surface area contributed by atoms with Crippen LogP contribution < -0.4 is 5.32 Å². The molecule has 148 valence electrons. The van der Waals surface area contributed by atoms with E-state index < -0.39 is 6.09 Å². The Labute approximate surface area is 156 Å². The number of esters is 1. The molecule has 7 heteroatoms. The second kappa shape index (κ2) is 13.2. The minimum Gasteiger partial charge on any atom is -0.469 e. The van der Waals surface area contributed by atoms with Crippen LogP contribution in [0, 0.1) is 0 Å². The van der Waals surface area contributed by atoms with Crippen LogP contribution in [0.2, 0.25) is 0 Å². The summed E-state index contributed by atoms with van der Waals surface area (Å²) in [7, 11) is 1.38. The van der Waals surface area contributed by atoms with E-state index in [9.17, 15) is 14.4 Å². The van der Waals surface area contributed by atoms with Crippen molar-refractivity contribution in [2.75, 3.05) is 26.8 Å². The lowest BCUT2D eigenvalue weighted by molar-refractivity contribution is -0.140. The molecule has 7 nitrogen and oxygen atoms in total. The molecular formula is C19H32N2O5. The molecule has 0 aromatic carbocycles. The van der Waals surface area contributed by atoms with Gasteiger partial charge in [0, 0.05) is 25.9 Å². The number of allylic oxidation sites excluding steroid dienone is 1. The molecule has 2 amide bonds. The molecular weight excluding hydrogens is 336 g/mol. The number of nitrogens with zero attached hydrogens (tertiary/aromatic N) is 1. The van der Waals surface area contributed by atoms with Gasteiger partial charge in [-0.15, -0.1) is 0 Å². The molecule has 1 atom stereocenters. The number of alkyl carbamates (subject to hydrolysis) is 1. The number of hydrogen-bond acceptors (Lipinski definition) is 5. The lowest BCUT2D eigenvalue weighted by atomic mass is 10.2. The summed E-state index contributed by atoms with van der Waals surface area (Å²) in [6.45, 7) is 3.45. The van der Waals surface area contributed by atoms with Gasteiger partial charge in [0.05, 0.1) is 13.2 Å². The third-order valence-corrected chi connectivity index (χ3v) is 4.36. The number of unbranched alkanes of at least 4 members (excludes halogenated alkanes) is 3. The van der Waals surface area contributed by atoms with E-state index in [1.807, 2.05) is 12.2 Å². The first kappa shape index (κ1) is 22.0. The number of nitrogens with one attached hydrogen (secondary N) is 1. The predicted octanol–water partition coefficient (Wildman–Crippen LogP) is 2.79. The lowest BCUT2D eigenvalue weighted by Gasteiger charge is -2.23. The molecule has 0 spiro atoms. The first-order chi connectivity index (χ1) is 12.6. The fourth-order valence-electron chi connectivity index (χ4n) is 2.78. The van der Waals surface area contributed by atoms with E-state index >= 15 is 0 Å². The highest BCUT2D eigenvalue weighted by Crippen LogP contribution is 2.19. The zero-order valence-electron chi connectivity index (χ0n) is 16.0. The van der Waals surface area contributed by atoms with Gasteiger partial charge in [0.2, 0.25) is 5.91 Å². The lowest BCUT2D eigenvalue weighted by Crippen LogP contribution is -2.38. The van der Waals surface area contributed by atoms with Gasteiger partial charge in [0.1, 0.15) is 6.61 Å². The summed E-state index contributed by atoms with van der Waals surface area (Å²) in [6.07, 6.45) is 9.68. The van der Waals surface area contributed by atoms with Crippen molar-refractivity contribution in [2.45, 2.75) is 64.3 Å². The van der Waals surface area contributed by atoms with Crippen LogP contribution in [0.3, 0.4) is 0 Å². The van der Waals surface area contributed by atoms with Crippen LogP contribution in [0.4, 0.5) is 4.79 Å². The van der Waals surface area contributed by atoms with Crippen LogP contribution in [0.25, 0.3) is 0 Å². The highest BCUT2D eigenvalue weighted by molar-refractivity contribution is 5.79. The zero-order valence-corrected chi connectivity index (χ0v) is 16.0. The van der Waals surface area contributed by atoms with Gasteiger partial charge < -0.3 is 19.7 Å². The average Bonchev–Trinajstić information content (AvgIpc) is 2.99. The highest BCUT2D eigenvalue weighted by Gasteiger charge is 2.30. The Morgan fingerprint density at radius 1 is 1.27 bits per heavy atom. The maximum absolute atomic E-state index is 12.0. The van der Waals surface area contributed by atoms with E-state index in [-0.39, 0.29) is 24.5 Å². The number of likely N-dealkylation sites (tertiary alicyclic amines) is 1. The van der Waals surface area contributed by atoms with Gasteiger partial charge in [-0.25, -0.2) is 4.79 Å². The molecule has 0 radical (unpaired) electrons. The molecule has 1 heterocycles. The first-order valence-corrected chi connectivity index (χ1v) is 9.50. The van der Waals surface area contributed by atoms with Gasteiger partial charge in [0.25, 0.3) is 0 Å². The highest BCUT2D eigenvalue weighted by atomic mass is 16.5. The molecule has 0 bridgehead atoms. The van der Waals surface area contributed by atoms with Crippen LogP contribution in [-0.2, 0) is 19.1 Å². The molecule has 0 saturated carbocycles. The Hall–Kier alpha value is -2.05. The van der Waals surface area contributed by atoms with Gasteiger partial charge >= 0.3 is 12.1 Å². The van der Waals surface area contributed by atoms with Crippen molar-refractivity contribution < 1.29 is 23.9 Å². The van der Waals surface area contributed by atoms with Crippen LogP contribution >= 0.6 is 0 Å². The Kier molecular flexibility index (Phi) is 11.2. The molecule has 1 aliphatic heterocycles. The van der Waals surface area contributed by atoms with Crippen molar-refractivity contribution >= 4 is 18.0 Å². The average molecular weight is 368 g/mol. The number of ether oxygens (including phenoxy) is 2. The Balaban J connectivity index is 2.25. The van der Waals surface area contributed by atoms with Crippen LogP contribution in [-0.4, -0.2) is 55.7 Å². The second-order valence-electron chi connectivity index (χ2n) is 6.41. The van der Waals surface area contributed by atoms with E-state index in [1.54, 1.807) is 4.90 Å². The van der Waals surface area contributed by atoms with Crippen LogP contribution in [0.15, 0.2) is 12.2 Å². The quantitative estimate of drug-likeness (QED) is 0.325. The number of hydrogen-bond donors (Lipinski definition) is 1. The molecule has 1 saturated heterocycles. The summed E-state index contributed by atoms with van der Waals surface area (Å²) in [5.74, 6) is -0.125. The summed E-state index contributed by atoms with van der Waals surface area (Å²) in [4.78, 5) is 36.4. The monoisotopic (exact) mass is 368 g/mol. The van der Waals surface area contributed by atoms with Crippen molar-refractivity contribution in [2.24, 2.45) is 0 Å². The van der Waals surface area contributed by atoms with Crippen LogP contribution in [0.5, 0.6) is 0 Å². The molecule has 1 aliphatic rings. The summed E-state index contributed by atoms with van der Waals surface area (Å²) >= 11 is 0. The topological polar surface area (TPSA) is 84.9 Å². The fraction of sp³-hybridized carbons (Fsp3) is 0.737. The summed E-state index contributed by atoms with van der Waals surface area (Å²) < 4.78 is 9.84. The zero-order chi connectivity index (χ0) is 19.2. The van der Waals surface area contributed by atoms with Gasteiger partial charge in [-0.05, 0) is 25.7 Å². The molecule has 26 heavy (non-hydrogen) atoms. The normalized spacial score (nSPS) is 16.9. The Morgan fingerprint density at radius 2 is 2.08 bits per heavy atom. The third kappa shape index (κ3) is 8.87. The van der Waals surface area contributed by atoms with Crippen molar-refractivity contribution in [3.05, 3.63) is 12.2 Å². The number of carbonyl (C=O) groups is 3. The van der Waals surface area contributed by atoms with Gasteiger partial charge in [0.15, 0.2) is 0 Å². The minimum absolute atomic E-state index is 0.0661. The van der Waals surface area contributed by atoms with E-state index in [4.69, 9.17) is 4.74 Å². The molecule has 1 fully saturated rings. The number of amides is 2. The first-order valence-electron chi connectivity index (χ1n) is 9.50. The van der Waals surface area contributed by atoms with Gasteiger partial charge in [-0.1, -0.05) is 31.9 Å². The van der Waals surface area contributed by atoms with E-state index in [0.717, 1.165) is 32.1 Å². The van der Waals surface area contributed by atoms with Crippen molar-refractivity contribution in [1.82, 2.24) is 10.2 Å². The molecule has 1 rings (SSSR count). The number of carbonyl (C=O) groups excluding carboxylic acids is 3. The van der Waals surface area contributed by atoms with Gasteiger partial charge in [-0.2, -0.15) is 0 Å². The fourth-order valence-corrected chi connectivity index (χ4v) is 2.78. The maximum Gasteiger partial charge on any atom is 0.407 e. The van der Waals surface area contributed by atoms with E-state index in [2.05, 4.69) is 17.0 Å². The van der Waals surface area contributed by atoms with Crippen molar-refractivity contribution in [3.63, 3.8) is 0 Å². The van der Waals surface area contributed by atoms with E-state index in [0.29, 0.717) is 32.4 Å². The summed E-state index contributed by atoms with van der Waals surface area (Å²) in [6, 6.07) is -0.0661. The van der Waals surface area contributed by atoms with Gasteiger partial charge in [-0.3, -0.25) is 9.59 Å². The maximum atomic E-state index is 12.0. The predicted molar refractivity (Wildman–Crippen MR) is 98.6 cm³/mol. The third-order valence-electron chi connectivity index (χ3n) is 4.36. The number of rotatable bonds is 12. The van der Waals surface area contributed by atoms with Crippen molar-refractivity contribution in [1.29, 1.82) is 0 Å².